The lowest BCUT2D eigenvalue weighted by molar-refractivity contribution is 0.188. The molecule has 2 aromatic carbocycles. The summed E-state index contributed by atoms with van der Waals surface area (Å²) in [4.78, 5) is 37.3. The van der Waals surface area contributed by atoms with Crippen LogP contribution in [0, 0.1) is 0 Å². The van der Waals surface area contributed by atoms with Gasteiger partial charge in [0.25, 0.3) is 0 Å². The van der Waals surface area contributed by atoms with E-state index in [9.17, 15) is 9.90 Å². The molecule has 0 radical (unpaired) electrons. The molecule has 2 atom stereocenters. The van der Waals surface area contributed by atoms with E-state index in [0.717, 1.165) is 35.2 Å². The second-order valence-corrected chi connectivity index (χ2v) is 11.4. The third-order valence-corrected chi connectivity index (χ3v) is 7.84. The number of hydrogen-bond acceptors (Lipinski definition) is 10. The van der Waals surface area contributed by atoms with Crippen LogP contribution in [0.1, 0.15) is 24.5 Å². The van der Waals surface area contributed by atoms with E-state index in [4.69, 9.17) is 29.4 Å². The fourth-order valence-corrected chi connectivity index (χ4v) is 5.67. The quantitative estimate of drug-likeness (QED) is 0.248. The number of rotatable bonds is 11. The Bertz CT molecular complexity index is 1690. The predicted molar refractivity (Wildman–Crippen MR) is 177 cm³/mol. The molecule has 0 saturated carbocycles. The normalized spacial score (nSPS) is 16.5. The van der Waals surface area contributed by atoms with Crippen molar-refractivity contribution in [3.05, 3.63) is 60.2 Å². The van der Waals surface area contributed by atoms with Crippen molar-refractivity contribution in [3.8, 4) is 22.8 Å². The van der Waals surface area contributed by atoms with Crippen LogP contribution in [0.3, 0.4) is 0 Å². The van der Waals surface area contributed by atoms with E-state index < -0.39 is 6.09 Å². The van der Waals surface area contributed by atoms with Crippen LogP contribution in [-0.2, 0) is 0 Å². The maximum atomic E-state index is 11.6. The van der Waals surface area contributed by atoms with Crippen molar-refractivity contribution < 1.29 is 19.4 Å². The first-order valence-electron chi connectivity index (χ1n) is 14.8. The van der Waals surface area contributed by atoms with Gasteiger partial charge < -0.3 is 34.6 Å². The number of carboxylic acid groups (broad SMARTS) is 1. The van der Waals surface area contributed by atoms with E-state index in [1.165, 1.54) is 0 Å². The maximum absolute atomic E-state index is 11.6. The van der Waals surface area contributed by atoms with Crippen molar-refractivity contribution in [1.29, 1.82) is 0 Å². The summed E-state index contributed by atoms with van der Waals surface area (Å²) in [5, 5.41) is 13.2. The van der Waals surface area contributed by atoms with Gasteiger partial charge in [0, 0.05) is 37.7 Å². The highest BCUT2D eigenvalue weighted by Gasteiger charge is 2.36. The van der Waals surface area contributed by atoms with Gasteiger partial charge in [-0.1, -0.05) is 12.1 Å². The number of nitrogens with one attached hydrogen (secondary N) is 1. The first kappa shape index (κ1) is 31.5. The number of methoxy groups -OCH3 is 2. The lowest BCUT2D eigenvalue weighted by Crippen LogP contribution is -2.46. The minimum Gasteiger partial charge on any atom is -0.493 e. The molecule has 12 heteroatoms. The van der Waals surface area contributed by atoms with Gasteiger partial charge in [0.2, 0.25) is 0 Å². The van der Waals surface area contributed by atoms with Crippen molar-refractivity contribution in [2.24, 2.45) is 0 Å². The van der Waals surface area contributed by atoms with E-state index in [0.29, 0.717) is 47.6 Å². The van der Waals surface area contributed by atoms with Crippen LogP contribution in [0.25, 0.3) is 34.3 Å². The Kier molecular flexibility index (Phi) is 9.62. The molecule has 1 amide bonds. The molecular formula is C33H40N8O4. The van der Waals surface area contributed by atoms with Gasteiger partial charge in [0.1, 0.15) is 11.6 Å². The largest absolute Gasteiger partial charge is 0.493 e. The molecule has 2 N–H and O–H groups in total. The molecular weight excluding hydrogens is 572 g/mol. The molecule has 3 heterocycles. The summed E-state index contributed by atoms with van der Waals surface area (Å²) in [6.45, 7) is 1.45. The molecule has 0 spiro atoms. The smallest absolute Gasteiger partial charge is 0.404 e. The molecule has 45 heavy (non-hydrogen) atoms. The zero-order chi connectivity index (χ0) is 32.1. The molecule has 0 bridgehead atoms. The van der Waals surface area contributed by atoms with Gasteiger partial charge >= 0.3 is 6.09 Å². The second-order valence-electron chi connectivity index (χ2n) is 11.4. The topological polar surface area (TPSA) is 129 Å². The Morgan fingerprint density at radius 1 is 0.978 bits per heavy atom. The summed E-state index contributed by atoms with van der Waals surface area (Å²) in [6.07, 6.45) is 4.04. The molecule has 5 rings (SSSR count). The summed E-state index contributed by atoms with van der Waals surface area (Å²) in [7, 11) is 11.1. The van der Waals surface area contributed by atoms with Gasteiger partial charge in [-0.3, -0.25) is 0 Å². The first-order chi connectivity index (χ1) is 21.7. The summed E-state index contributed by atoms with van der Waals surface area (Å²) >= 11 is 0. The zero-order valence-corrected chi connectivity index (χ0v) is 26.6. The highest BCUT2D eigenvalue weighted by molar-refractivity contribution is 5.90. The summed E-state index contributed by atoms with van der Waals surface area (Å²) in [5.41, 5.74) is 2.36. The third-order valence-electron chi connectivity index (χ3n) is 7.84. The maximum Gasteiger partial charge on any atom is 0.404 e. The predicted octanol–water partition coefficient (Wildman–Crippen LogP) is 4.51. The number of anilines is 2. The molecule has 236 valence electrons. The average molecular weight is 613 g/mol. The van der Waals surface area contributed by atoms with Gasteiger partial charge in [-0.05, 0) is 76.0 Å². The van der Waals surface area contributed by atoms with Crippen molar-refractivity contribution in [2.45, 2.75) is 24.9 Å². The fraction of sp³-hybridized carbons (Fsp3) is 0.364. The summed E-state index contributed by atoms with van der Waals surface area (Å²) < 4.78 is 11.0. The lowest BCUT2D eigenvalue weighted by Gasteiger charge is -2.30. The standard InChI is InChI=1S/C33H40N8O4/c1-39(2)17-16-26-24(36-33(42)43)15-18-41(26)31-20-25(21-11-12-27(44-5)28(19-21)45-6)35-29(37-31)13-14-30-34-23-10-8-7-9-22(23)32(38-30)40(3)4/h7-14,19-20,24,26,36H,15-18H2,1-6H3,(H,42,43)/b14-13+. The van der Waals surface area contributed by atoms with E-state index in [2.05, 4.69) is 15.1 Å². The fourth-order valence-electron chi connectivity index (χ4n) is 5.67. The number of nitrogens with zero attached hydrogens (tertiary/aromatic N) is 7. The van der Waals surface area contributed by atoms with Gasteiger partial charge in [-0.25, -0.2) is 24.7 Å². The van der Waals surface area contributed by atoms with Crippen LogP contribution >= 0.6 is 0 Å². The Morgan fingerprint density at radius 3 is 2.40 bits per heavy atom. The first-order valence-corrected chi connectivity index (χ1v) is 14.8. The molecule has 1 aliphatic rings. The highest BCUT2D eigenvalue weighted by atomic mass is 16.5. The van der Waals surface area contributed by atoms with Crippen LogP contribution in [0.5, 0.6) is 11.5 Å². The van der Waals surface area contributed by atoms with Crippen molar-refractivity contribution in [3.63, 3.8) is 0 Å². The van der Waals surface area contributed by atoms with Crippen molar-refractivity contribution >= 4 is 40.8 Å². The van der Waals surface area contributed by atoms with Crippen LogP contribution < -0.4 is 24.6 Å². The molecule has 1 fully saturated rings. The number of ether oxygens (including phenoxy) is 2. The van der Waals surface area contributed by atoms with E-state index in [1.807, 2.05) is 93.8 Å². The average Bonchev–Trinajstić information content (AvgIpc) is 3.43. The summed E-state index contributed by atoms with van der Waals surface area (Å²) in [5.74, 6) is 3.74. The van der Waals surface area contributed by atoms with Crippen LogP contribution in [0.2, 0.25) is 0 Å². The third kappa shape index (κ3) is 7.23. The van der Waals surface area contributed by atoms with Gasteiger partial charge in [-0.15, -0.1) is 0 Å². The number of hydrogen-bond donors (Lipinski definition) is 2. The molecule has 2 aromatic heterocycles. The number of aromatic nitrogens is 4. The Hall–Kier alpha value is -4.97. The minimum atomic E-state index is -1.03. The molecule has 1 saturated heterocycles. The number of benzene rings is 2. The molecule has 1 aliphatic heterocycles. The Balaban J connectivity index is 1.59. The van der Waals surface area contributed by atoms with E-state index in [1.54, 1.807) is 14.2 Å². The highest BCUT2D eigenvalue weighted by Crippen LogP contribution is 2.34. The van der Waals surface area contributed by atoms with Crippen molar-refractivity contribution in [1.82, 2.24) is 30.2 Å². The van der Waals surface area contributed by atoms with E-state index >= 15 is 0 Å². The van der Waals surface area contributed by atoms with Crippen LogP contribution in [-0.4, -0.2) is 104 Å². The second kappa shape index (κ2) is 13.8. The lowest BCUT2D eigenvalue weighted by atomic mass is 10.1. The number of fused-ring (bicyclic) bond motifs is 1. The molecule has 2 unspecified atom stereocenters. The number of amides is 1. The van der Waals surface area contributed by atoms with Gasteiger partial charge in [-0.2, -0.15) is 0 Å². The summed E-state index contributed by atoms with van der Waals surface area (Å²) in [6, 6.07) is 15.2. The SMILES string of the molecule is COc1ccc(-c2cc(N3CCC(NC(=O)O)C3CCN(C)C)nc(/C=C/c3nc(N(C)C)c4ccccc4n3)n2)cc1OC. The Labute approximate surface area is 263 Å². The Morgan fingerprint density at radius 2 is 1.71 bits per heavy atom. The molecule has 0 aliphatic carbocycles. The molecule has 4 aromatic rings. The number of para-hydroxylation sites is 1. The van der Waals surface area contributed by atoms with Crippen LogP contribution in [0.4, 0.5) is 16.4 Å². The monoisotopic (exact) mass is 612 g/mol. The number of carbonyl (C=O) groups is 1. The van der Waals surface area contributed by atoms with Gasteiger partial charge in [0.15, 0.2) is 23.1 Å². The van der Waals surface area contributed by atoms with Gasteiger partial charge in [0.05, 0.1) is 37.5 Å². The van der Waals surface area contributed by atoms with E-state index in [-0.39, 0.29) is 12.1 Å². The van der Waals surface area contributed by atoms with Crippen molar-refractivity contribution in [2.75, 3.05) is 65.3 Å². The van der Waals surface area contributed by atoms with Crippen LogP contribution in [0.15, 0.2) is 48.5 Å². The molecule has 12 nitrogen and oxygen atoms in total. The minimum absolute atomic E-state index is 0.0834. The zero-order valence-electron chi connectivity index (χ0n) is 26.6.